The Labute approximate surface area is 296 Å². The molecule has 0 unspecified atom stereocenters. The van der Waals surface area contributed by atoms with Crippen molar-refractivity contribution in [2.45, 2.75) is 6.92 Å². The van der Waals surface area contributed by atoms with Gasteiger partial charge in [-0.05, 0) is 35.7 Å². The normalized spacial score (nSPS) is 11.2. The standard InChI is InChI=1S/C46H31N5/c1-30-29-41(48-43-39(30)27-25-35-26-28-40(47-42(35)43)33-11-5-2-6-12-33)34-21-17-31(18-22-34)32-19-23-38(24-20-32)46-50-44(36-13-7-3-8-14-36)49-45(51-46)37-15-9-4-10-16-37/h2-29H,1H3. The van der Waals surface area contributed by atoms with Crippen molar-refractivity contribution in [3.8, 4) is 67.8 Å². The minimum absolute atomic E-state index is 0.639. The van der Waals surface area contributed by atoms with Gasteiger partial charge in [-0.15, -0.1) is 0 Å². The molecule has 240 valence electrons. The maximum atomic E-state index is 5.19. The Kier molecular flexibility index (Phi) is 7.63. The fraction of sp³-hybridized carbons (Fsp3) is 0.0217. The molecule has 5 heteroatoms. The van der Waals surface area contributed by atoms with E-state index in [4.69, 9.17) is 24.9 Å². The second-order valence-electron chi connectivity index (χ2n) is 12.6. The van der Waals surface area contributed by atoms with Gasteiger partial charge in [-0.1, -0.05) is 158 Å². The van der Waals surface area contributed by atoms with Crippen molar-refractivity contribution < 1.29 is 0 Å². The summed E-state index contributed by atoms with van der Waals surface area (Å²) < 4.78 is 0. The first-order valence-electron chi connectivity index (χ1n) is 17.0. The number of hydrogen-bond acceptors (Lipinski definition) is 5. The zero-order valence-electron chi connectivity index (χ0n) is 27.9. The monoisotopic (exact) mass is 653 g/mol. The molecule has 9 rings (SSSR count). The van der Waals surface area contributed by atoms with Gasteiger partial charge in [-0.3, -0.25) is 0 Å². The van der Waals surface area contributed by atoms with Crippen LogP contribution in [0.3, 0.4) is 0 Å². The van der Waals surface area contributed by atoms with Crippen LogP contribution in [0.2, 0.25) is 0 Å². The SMILES string of the molecule is Cc1cc(-c2ccc(-c3ccc(-c4nc(-c5ccccc5)nc(-c5ccccc5)n4)cc3)cc2)nc2c1ccc1ccc(-c3ccccc3)nc12. The zero-order valence-corrected chi connectivity index (χ0v) is 27.9. The quantitative estimate of drug-likeness (QED) is 0.167. The molecule has 0 radical (unpaired) electrons. The summed E-state index contributed by atoms with van der Waals surface area (Å²) in [6.45, 7) is 2.15. The molecule has 0 N–H and O–H groups in total. The Hall–Kier alpha value is -6.85. The van der Waals surface area contributed by atoms with Gasteiger partial charge in [0.1, 0.15) is 0 Å². The summed E-state index contributed by atoms with van der Waals surface area (Å²) in [7, 11) is 0. The number of hydrogen-bond donors (Lipinski definition) is 0. The molecule has 0 aliphatic carbocycles. The molecule has 0 saturated carbocycles. The van der Waals surface area contributed by atoms with Crippen molar-refractivity contribution in [2.75, 3.05) is 0 Å². The summed E-state index contributed by atoms with van der Waals surface area (Å²) in [5.74, 6) is 1.94. The molecule has 0 spiro atoms. The summed E-state index contributed by atoms with van der Waals surface area (Å²) in [5.41, 5.74) is 12.1. The second-order valence-corrected chi connectivity index (χ2v) is 12.6. The molecule has 0 amide bonds. The Morgan fingerprint density at radius 1 is 0.314 bits per heavy atom. The largest absolute Gasteiger partial charge is 0.245 e. The molecule has 3 heterocycles. The van der Waals surface area contributed by atoms with E-state index < -0.39 is 0 Å². The van der Waals surface area contributed by atoms with E-state index in [1.165, 1.54) is 5.56 Å². The van der Waals surface area contributed by atoms with Crippen LogP contribution in [0.4, 0.5) is 0 Å². The van der Waals surface area contributed by atoms with E-state index in [1.807, 2.05) is 78.9 Å². The predicted octanol–water partition coefficient (Wildman–Crippen LogP) is 11.3. The van der Waals surface area contributed by atoms with Crippen LogP contribution >= 0.6 is 0 Å². The lowest BCUT2D eigenvalue weighted by molar-refractivity contribution is 1.07. The third kappa shape index (κ3) is 5.91. The van der Waals surface area contributed by atoms with Crippen LogP contribution < -0.4 is 0 Å². The van der Waals surface area contributed by atoms with Crippen molar-refractivity contribution in [3.05, 3.63) is 175 Å². The number of rotatable bonds is 6. The lowest BCUT2D eigenvalue weighted by Gasteiger charge is -2.11. The summed E-state index contributed by atoms with van der Waals surface area (Å²) in [4.78, 5) is 24.9. The van der Waals surface area contributed by atoms with Crippen LogP contribution in [0.25, 0.3) is 89.6 Å². The van der Waals surface area contributed by atoms with E-state index in [2.05, 4.69) is 97.9 Å². The van der Waals surface area contributed by atoms with Gasteiger partial charge in [0.05, 0.1) is 22.4 Å². The molecule has 0 fully saturated rings. The van der Waals surface area contributed by atoms with Gasteiger partial charge < -0.3 is 0 Å². The Bertz CT molecular complexity index is 2600. The highest BCUT2D eigenvalue weighted by Gasteiger charge is 2.14. The van der Waals surface area contributed by atoms with E-state index in [0.717, 1.165) is 72.1 Å². The van der Waals surface area contributed by atoms with Crippen LogP contribution in [0.1, 0.15) is 5.56 Å². The molecular weight excluding hydrogens is 623 g/mol. The van der Waals surface area contributed by atoms with E-state index in [1.54, 1.807) is 0 Å². The van der Waals surface area contributed by atoms with Gasteiger partial charge in [0.25, 0.3) is 0 Å². The highest BCUT2D eigenvalue weighted by Crippen LogP contribution is 2.32. The maximum absolute atomic E-state index is 5.19. The van der Waals surface area contributed by atoms with Crippen molar-refractivity contribution in [3.63, 3.8) is 0 Å². The van der Waals surface area contributed by atoms with Gasteiger partial charge in [0.2, 0.25) is 0 Å². The molecule has 0 bridgehead atoms. The first-order chi connectivity index (χ1) is 25.2. The lowest BCUT2D eigenvalue weighted by atomic mass is 9.99. The number of benzene rings is 6. The third-order valence-electron chi connectivity index (χ3n) is 9.27. The highest BCUT2D eigenvalue weighted by atomic mass is 15.0. The number of aromatic nitrogens is 5. The zero-order chi connectivity index (χ0) is 34.1. The molecule has 0 aliphatic heterocycles. The average Bonchev–Trinajstić information content (AvgIpc) is 3.21. The van der Waals surface area contributed by atoms with Gasteiger partial charge in [-0.2, -0.15) is 0 Å². The van der Waals surface area contributed by atoms with Crippen molar-refractivity contribution in [2.24, 2.45) is 0 Å². The van der Waals surface area contributed by atoms with Crippen LogP contribution in [0.5, 0.6) is 0 Å². The predicted molar refractivity (Wildman–Crippen MR) is 208 cm³/mol. The first kappa shape index (κ1) is 30.2. The molecule has 5 nitrogen and oxygen atoms in total. The van der Waals surface area contributed by atoms with Gasteiger partial charge in [-0.25, -0.2) is 24.9 Å². The number of pyridine rings is 2. The molecule has 0 aliphatic rings. The summed E-state index contributed by atoms with van der Waals surface area (Å²) in [6.07, 6.45) is 0. The van der Waals surface area contributed by atoms with Crippen LogP contribution in [0.15, 0.2) is 170 Å². The highest BCUT2D eigenvalue weighted by molar-refractivity contribution is 6.05. The van der Waals surface area contributed by atoms with Gasteiger partial charge >= 0.3 is 0 Å². The average molecular weight is 654 g/mol. The second kappa shape index (κ2) is 12.9. The molecule has 9 aromatic rings. The van der Waals surface area contributed by atoms with Gasteiger partial charge in [0, 0.05) is 38.6 Å². The first-order valence-corrected chi connectivity index (χ1v) is 17.0. The van der Waals surface area contributed by atoms with E-state index >= 15 is 0 Å². The van der Waals surface area contributed by atoms with Crippen molar-refractivity contribution >= 4 is 21.8 Å². The van der Waals surface area contributed by atoms with Crippen LogP contribution in [-0.4, -0.2) is 24.9 Å². The van der Waals surface area contributed by atoms with Gasteiger partial charge in [0.15, 0.2) is 17.5 Å². The Morgan fingerprint density at radius 3 is 1.27 bits per heavy atom. The molecule has 6 aromatic carbocycles. The minimum atomic E-state index is 0.639. The molecule has 0 saturated heterocycles. The van der Waals surface area contributed by atoms with Crippen molar-refractivity contribution in [1.29, 1.82) is 0 Å². The Morgan fingerprint density at radius 2 is 0.725 bits per heavy atom. The molecular formula is C46H31N5. The number of aryl methyl sites for hydroxylation is 1. The lowest BCUT2D eigenvalue weighted by Crippen LogP contribution is -2.00. The van der Waals surface area contributed by atoms with Crippen LogP contribution in [-0.2, 0) is 0 Å². The molecule has 51 heavy (non-hydrogen) atoms. The summed E-state index contributed by atoms with van der Waals surface area (Å²) in [6, 6.07) is 58.1. The van der Waals surface area contributed by atoms with Crippen LogP contribution in [0, 0.1) is 6.92 Å². The van der Waals surface area contributed by atoms with E-state index in [9.17, 15) is 0 Å². The summed E-state index contributed by atoms with van der Waals surface area (Å²) in [5, 5.41) is 2.19. The third-order valence-corrected chi connectivity index (χ3v) is 9.27. The van der Waals surface area contributed by atoms with E-state index in [-0.39, 0.29) is 0 Å². The maximum Gasteiger partial charge on any atom is 0.164 e. The fourth-order valence-corrected chi connectivity index (χ4v) is 6.54. The number of nitrogens with zero attached hydrogens (tertiary/aromatic N) is 5. The van der Waals surface area contributed by atoms with Crippen molar-refractivity contribution in [1.82, 2.24) is 24.9 Å². The smallest absolute Gasteiger partial charge is 0.164 e. The molecule has 3 aromatic heterocycles. The Balaban J connectivity index is 1.04. The topological polar surface area (TPSA) is 64.5 Å². The summed E-state index contributed by atoms with van der Waals surface area (Å²) >= 11 is 0. The number of fused-ring (bicyclic) bond motifs is 3. The molecule has 0 atom stereocenters. The fourth-order valence-electron chi connectivity index (χ4n) is 6.54. The minimum Gasteiger partial charge on any atom is -0.245 e. The van der Waals surface area contributed by atoms with E-state index in [0.29, 0.717) is 17.5 Å².